The molecule has 2 aromatic rings. The number of amides is 2. The highest BCUT2D eigenvalue weighted by molar-refractivity contribution is 8.01. The van der Waals surface area contributed by atoms with E-state index in [-0.39, 0.29) is 22.4 Å². The largest absolute Gasteiger partial charge is 0.477 e. The lowest BCUT2D eigenvalue weighted by Gasteiger charge is -2.49. The van der Waals surface area contributed by atoms with E-state index >= 15 is 0 Å². The second-order valence-electron chi connectivity index (χ2n) is 6.61. The van der Waals surface area contributed by atoms with Gasteiger partial charge in [-0.1, -0.05) is 28.3 Å². The third-order valence-electron chi connectivity index (χ3n) is 4.58. The van der Waals surface area contributed by atoms with Crippen molar-refractivity contribution in [2.24, 2.45) is 5.16 Å². The summed E-state index contributed by atoms with van der Waals surface area (Å²) >= 11 is 4.93. The maximum absolute atomic E-state index is 12.9. The summed E-state index contributed by atoms with van der Waals surface area (Å²) in [6, 6.07) is -0.944. The Morgan fingerprint density at radius 2 is 2.21 bits per heavy atom. The van der Waals surface area contributed by atoms with Crippen LogP contribution in [0.3, 0.4) is 0 Å². The number of rotatable bonds is 9. The number of hydrogen-bond acceptors (Lipinski definition) is 15. The fourth-order valence-corrected chi connectivity index (χ4v) is 6.75. The van der Waals surface area contributed by atoms with Crippen LogP contribution in [0.5, 0.6) is 0 Å². The highest BCUT2D eigenvalue weighted by Gasteiger charge is 2.54. The number of carboxylic acid groups (broad SMARTS) is 1. The molecule has 2 aromatic heterocycles. The van der Waals surface area contributed by atoms with Gasteiger partial charge in [0.2, 0.25) is 16.7 Å². The molecule has 0 aliphatic carbocycles. The fraction of sp³-hybridized carbons (Fsp3) is 0.375. The van der Waals surface area contributed by atoms with E-state index < -0.39 is 29.2 Å². The van der Waals surface area contributed by atoms with Crippen molar-refractivity contribution in [3.63, 3.8) is 0 Å². The summed E-state index contributed by atoms with van der Waals surface area (Å²) in [6.45, 7) is 0. The smallest absolute Gasteiger partial charge is 0.352 e. The van der Waals surface area contributed by atoms with E-state index in [2.05, 4.69) is 35.3 Å². The molecular weight excluding hydrogens is 527 g/mol. The normalized spacial score (nSPS) is 20.0. The van der Waals surface area contributed by atoms with Gasteiger partial charge in [-0.15, -0.1) is 22.0 Å². The molecule has 0 aromatic carbocycles. The van der Waals surface area contributed by atoms with Crippen LogP contribution in [0.2, 0.25) is 0 Å². The van der Waals surface area contributed by atoms with Crippen molar-refractivity contribution in [3.8, 4) is 0 Å². The molecule has 4 heterocycles. The van der Waals surface area contributed by atoms with Crippen LogP contribution < -0.4 is 16.4 Å². The van der Waals surface area contributed by atoms with E-state index in [9.17, 15) is 19.5 Å². The molecule has 14 nitrogen and oxygen atoms in total. The molecule has 0 spiro atoms. The molecule has 2 aliphatic heterocycles. The van der Waals surface area contributed by atoms with E-state index in [1.54, 1.807) is 7.05 Å². The van der Waals surface area contributed by atoms with Crippen molar-refractivity contribution in [2.75, 3.05) is 36.7 Å². The van der Waals surface area contributed by atoms with Crippen molar-refractivity contribution in [2.45, 2.75) is 15.8 Å². The van der Waals surface area contributed by atoms with Crippen LogP contribution in [0.25, 0.3) is 0 Å². The van der Waals surface area contributed by atoms with Gasteiger partial charge < -0.3 is 26.3 Å². The van der Waals surface area contributed by atoms with Gasteiger partial charge in [0, 0.05) is 30.1 Å². The van der Waals surface area contributed by atoms with E-state index in [0.29, 0.717) is 26.6 Å². The molecular formula is C16H17N9O5S4. The standard InChI is InChI=1S/C16H17N9O5S4/c1-18-15-21-22-16(33-15)32-4-5-3-31-12-7(11(27)25(12)8(5)13(28)29)19-10(26)6(23-30-2)9-20-14(17)34-24-9/h7,12H,3-4H2,1-2H3,(H,18,21)(H,19,26)(H,28,29)(H2,17,20,24)/t7?,12-/m1/s1. The second-order valence-corrected chi connectivity index (χ2v) is 10.7. The maximum atomic E-state index is 12.9. The molecule has 4 rings (SSSR count). The molecule has 1 saturated heterocycles. The number of carboxylic acids is 1. The summed E-state index contributed by atoms with van der Waals surface area (Å²) in [7, 11) is 2.98. The average molecular weight is 544 g/mol. The van der Waals surface area contributed by atoms with Crippen LogP contribution >= 0.6 is 46.4 Å². The van der Waals surface area contributed by atoms with Gasteiger partial charge in [0.1, 0.15) is 24.2 Å². The van der Waals surface area contributed by atoms with Crippen LogP contribution in [0.1, 0.15) is 5.82 Å². The van der Waals surface area contributed by atoms with Crippen molar-refractivity contribution >= 4 is 80.2 Å². The summed E-state index contributed by atoms with van der Waals surface area (Å²) in [4.78, 5) is 47.5. The number of nitrogen functional groups attached to an aromatic ring is 1. The Hall–Kier alpha value is -2.96. The SMILES string of the molecule is CNc1nnc(SCC2=C(C(=O)O)N3C(=O)C(NC(=O)C(=NOC)c4nsc(N)n4)[C@H]3SC2)s1. The highest BCUT2D eigenvalue weighted by atomic mass is 32.2. The molecule has 1 fully saturated rings. The number of aliphatic carboxylic acids is 1. The lowest BCUT2D eigenvalue weighted by Crippen LogP contribution is -2.71. The second kappa shape index (κ2) is 10.1. The predicted octanol–water partition coefficient (Wildman–Crippen LogP) is -0.105. The molecule has 18 heteroatoms. The number of aromatic nitrogens is 4. The summed E-state index contributed by atoms with van der Waals surface area (Å²) < 4.78 is 4.61. The van der Waals surface area contributed by atoms with Crippen molar-refractivity contribution in [1.29, 1.82) is 0 Å². The van der Waals surface area contributed by atoms with Crippen molar-refractivity contribution in [1.82, 2.24) is 29.8 Å². The number of nitrogens with zero attached hydrogens (tertiary/aromatic N) is 6. The van der Waals surface area contributed by atoms with Gasteiger partial charge in [-0.05, 0) is 5.57 Å². The number of anilines is 2. The highest BCUT2D eigenvalue weighted by Crippen LogP contribution is 2.42. The molecule has 0 radical (unpaired) electrons. The van der Waals surface area contributed by atoms with Crippen LogP contribution in [-0.2, 0) is 19.2 Å². The number of β-lactam (4-membered cyclic amide) rings is 1. The van der Waals surface area contributed by atoms with E-state index in [1.165, 1.54) is 46.9 Å². The van der Waals surface area contributed by atoms with E-state index in [0.717, 1.165) is 11.5 Å². The Balaban J connectivity index is 1.48. The monoisotopic (exact) mass is 543 g/mol. The van der Waals surface area contributed by atoms with E-state index in [1.807, 2.05) is 0 Å². The third-order valence-corrected chi connectivity index (χ3v) is 8.62. The lowest BCUT2D eigenvalue weighted by molar-refractivity contribution is -0.150. The Morgan fingerprint density at radius 3 is 2.82 bits per heavy atom. The van der Waals surface area contributed by atoms with Gasteiger partial charge in [0.05, 0.1) is 0 Å². The molecule has 180 valence electrons. The number of nitrogens with two attached hydrogens (primary N) is 1. The van der Waals surface area contributed by atoms with Gasteiger partial charge in [0.15, 0.2) is 9.47 Å². The summed E-state index contributed by atoms with van der Waals surface area (Å²) in [6.07, 6.45) is 0. The number of oxime groups is 1. The van der Waals surface area contributed by atoms with Crippen LogP contribution in [-0.4, -0.2) is 90.1 Å². The quantitative estimate of drug-likeness (QED) is 0.142. The first kappa shape index (κ1) is 24.2. The van der Waals surface area contributed by atoms with Crippen LogP contribution in [0, 0.1) is 0 Å². The number of carbonyl (C=O) groups excluding carboxylic acids is 2. The minimum Gasteiger partial charge on any atom is -0.477 e. The number of hydrogen-bond donors (Lipinski definition) is 4. The van der Waals surface area contributed by atoms with Gasteiger partial charge in [-0.25, -0.2) is 4.79 Å². The zero-order valence-electron chi connectivity index (χ0n) is 17.5. The number of nitrogens with one attached hydrogen (secondary N) is 2. The minimum absolute atomic E-state index is 0.0367. The zero-order chi connectivity index (χ0) is 24.4. The lowest BCUT2D eigenvalue weighted by atomic mass is 10.0. The maximum Gasteiger partial charge on any atom is 0.352 e. The number of thioether (sulfide) groups is 2. The zero-order valence-corrected chi connectivity index (χ0v) is 20.8. The molecule has 2 aliphatic rings. The number of fused-ring (bicyclic) bond motifs is 1. The molecule has 1 unspecified atom stereocenters. The predicted molar refractivity (Wildman–Crippen MR) is 128 cm³/mol. The Morgan fingerprint density at radius 1 is 1.41 bits per heavy atom. The van der Waals surface area contributed by atoms with Gasteiger partial charge in [-0.3, -0.25) is 14.5 Å². The van der Waals surface area contributed by atoms with Gasteiger partial charge in [0.25, 0.3) is 11.8 Å². The minimum atomic E-state index is -1.21. The molecule has 2 amide bonds. The summed E-state index contributed by atoms with van der Waals surface area (Å²) in [5.41, 5.74) is 5.83. The summed E-state index contributed by atoms with van der Waals surface area (Å²) in [5.74, 6) is -1.82. The topological polar surface area (TPSA) is 198 Å². The Kier molecular flexibility index (Phi) is 7.19. The molecule has 5 N–H and O–H groups in total. The van der Waals surface area contributed by atoms with Crippen LogP contribution in [0.4, 0.5) is 10.3 Å². The summed E-state index contributed by atoms with van der Waals surface area (Å²) in [5, 5.41) is 27.1. The molecule has 0 bridgehead atoms. The van der Waals surface area contributed by atoms with Gasteiger partial charge in [-0.2, -0.15) is 9.36 Å². The number of carbonyl (C=O) groups is 3. The van der Waals surface area contributed by atoms with Crippen LogP contribution in [0.15, 0.2) is 20.8 Å². The third kappa shape index (κ3) is 4.65. The molecule has 2 atom stereocenters. The van der Waals surface area contributed by atoms with Gasteiger partial charge >= 0.3 is 5.97 Å². The first-order chi connectivity index (χ1) is 16.3. The Bertz CT molecular complexity index is 1200. The van der Waals surface area contributed by atoms with Crippen molar-refractivity contribution < 1.29 is 24.3 Å². The van der Waals surface area contributed by atoms with E-state index in [4.69, 9.17) is 10.6 Å². The first-order valence-electron chi connectivity index (χ1n) is 9.39. The molecule has 0 saturated carbocycles. The van der Waals surface area contributed by atoms with Crippen molar-refractivity contribution in [3.05, 3.63) is 17.1 Å². The average Bonchev–Trinajstić information content (AvgIpc) is 3.47. The fourth-order valence-electron chi connectivity index (χ4n) is 3.13. The Labute approximate surface area is 208 Å². The molecule has 34 heavy (non-hydrogen) atoms. The first-order valence-corrected chi connectivity index (χ1v) is 13.0.